The molecule has 0 bridgehead atoms. The van der Waals surface area contributed by atoms with E-state index in [9.17, 15) is 9.18 Å². The molecule has 0 aliphatic carbocycles. The molecule has 2 aromatic carbocycles. The third-order valence-electron chi connectivity index (χ3n) is 3.93. The fourth-order valence-corrected chi connectivity index (χ4v) is 2.88. The van der Waals surface area contributed by atoms with Crippen molar-refractivity contribution >= 4 is 26.8 Å². The van der Waals surface area contributed by atoms with E-state index in [2.05, 4.69) is 20.9 Å². The maximum Gasteiger partial charge on any atom is 0.265 e. The van der Waals surface area contributed by atoms with Gasteiger partial charge in [0.05, 0.1) is 16.6 Å². The molecule has 0 spiro atoms. The van der Waals surface area contributed by atoms with Gasteiger partial charge in [0.1, 0.15) is 11.6 Å². The van der Waals surface area contributed by atoms with Gasteiger partial charge in [-0.15, -0.1) is 0 Å². The third kappa shape index (κ3) is 3.66. The Morgan fingerprint density at radius 1 is 1.12 bits per heavy atom. The Hall–Kier alpha value is -2.01. The number of aromatic nitrogens is 2. The number of aryl methyl sites for hydroxylation is 3. The molecule has 3 rings (SSSR count). The van der Waals surface area contributed by atoms with Crippen LogP contribution in [0.1, 0.15) is 37.7 Å². The zero-order chi connectivity index (χ0) is 18.7. The largest absolute Gasteiger partial charge is 0.268 e. The van der Waals surface area contributed by atoms with Gasteiger partial charge in [-0.2, -0.15) is 0 Å². The van der Waals surface area contributed by atoms with E-state index in [1.807, 2.05) is 45.9 Å². The highest BCUT2D eigenvalue weighted by molar-refractivity contribution is 9.10. The standard InChI is InChI=1S/C18H16BrFN2O.C2H6/c1-4-17-21-16-9-15(20)11(3)8-13(16)18(23)22(17)12-5-6-14(19)10(2)7-12;1-2/h5-9H,4H2,1-3H3;1-2H3. The van der Waals surface area contributed by atoms with Crippen LogP contribution in [0, 0.1) is 19.7 Å². The van der Waals surface area contributed by atoms with Crippen LogP contribution in [0.2, 0.25) is 0 Å². The molecule has 1 aromatic heterocycles. The monoisotopic (exact) mass is 404 g/mol. The molecule has 0 aliphatic rings. The molecular formula is C20H22BrFN2O. The summed E-state index contributed by atoms with van der Waals surface area (Å²) in [5.74, 6) is 0.274. The molecule has 5 heteroatoms. The normalized spacial score (nSPS) is 10.5. The summed E-state index contributed by atoms with van der Waals surface area (Å²) in [4.78, 5) is 17.5. The van der Waals surface area contributed by atoms with Crippen molar-refractivity contribution in [3.05, 3.63) is 67.9 Å². The minimum atomic E-state index is -0.344. The maximum absolute atomic E-state index is 13.8. The fraction of sp³-hybridized carbons (Fsp3) is 0.300. The van der Waals surface area contributed by atoms with Gasteiger partial charge in [-0.3, -0.25) is 9.36 Å². The maximum atomic E-state index is 13.8. The smallest absolute Gasteiger partial charge is 0.265 e. The summed E-state index contributed by atoms with van der Waals surface area (Å²) in [5, 5.41) is 0.432. The van der Waals surface area contributed by atoms with Gasteiger partial charge in [-0.1, -0.05) is 36.7 Å². The van der Waals surface area contributed by atoms with Gasteiger partial charge in [-0.05, 0) is 49.2 Å². The van der Waals surface area contributed by atoms with E-state index in [0.717, 1.165) is 15.7 Å². The lowest BCUT2D eigenvalue weighted by Gasteiger charge is -2.14. The highest BCUT2D eigenvalue weighted by Gasteiger charge is 2.14. The van der Waals surface area contributed by atoms with Crippen LogP contribution < -0.4 is 5.56 Å². The molecule has 0 amide bonds. The van der Waals surface area contributed by atoms with Crippen LogP contribution in [0.15, 0.2) is 39.6 Å². The van der Waals surface area contributed by atoms with Crippen molar-refractivity contribution in [2.75, 3.05) is 0 Å². The van der Waals surface area contributed by atoms with Crippen molar-refractivity contribution in [3.63, 3.8) is 0 Å². The zero-order valence-corrected chi connectivity index (χ0v) is 16.7. The van der Waals surface area contributed by atoms with Gasteiger partial charge in [0.2, 0.25) is 0 Å². The first-order valence-corrected chi connectivity index (χ1v) is 9.20. The molecule has 0 N–H and O–H groups in total. The molecule has 25 heavy (non-hydrogen) atoms. The van der Waals surface area contributed by atoms with Crippen molar-refractivity contribution in [1.82, 2.24) is 9.55 Å². The summed E-state index contributed by atoms with van der Waals surface area (Å²) >= 11 is 3.47. The minimum absolute atomic E-state index is 0.170. The molecule has 3 nitrogen and oxygen atoms in total. The summed E-state index contributed by atoms with van der Waals surface area (Å²) in [6.45, 7) is 9.55. The van der Waals surface area contributed by atoms with Crippen molar-refractivity contribution in [2.24, 2.45) is 0 Å². The van der Waals surface area contributed by atoms with Gasteiger partial charge >= 0.3 is 0 Å². The van der Waals surface area contributed by atoms with E-state index in [0.29, 0.717) is 28.7 Å². The van der Waals surface area contributed by atoms with Crippen LogP contribution in [0.25, 0.3) is 16.6 Å². The third-order valence-corrected chi connectivity index (χ3v) is 4.82. The first-order valence-electron chi connectivity index (χ1n) is 8.40. The Kier molecular flexibility index (Phi) is 6.11. The number of halogens is 2. The molecular weight excluding hydrogens is 383 g/mol. The topological polar surface area (TPSA) is 34.9 Å². The van der Waals surface area contributed by atoms with Crippen LogP contribution >= 0.6 is 15.9 Å². The van der Waals surface area contributed by atoms with Crippen molar-refractivity contribution in [1.29, 1.82) is 0 Å². The van der Waals surface area contributed by atoms with E-state index in [1.165, 1.54) is 6.07 Å². The van der Waals surface area contributed by atoms with Crippen molar-refractivity contribution < 1.29 is 4.39 Å². The number of fused-ring (bicyclic) bond motifs is 1. The minimum Gasteiger partial charge on any atom is -0.268 e. The second kappa shape index (κ2) is 7.91. The quantitative estimate of drug-likeness (QED) is 0.565. The Bertz CT molecular complexity index is 980. The van der Waals surface area contributed by atoms with E-state index in [1.54, 1.807) is 17.6 Å². The zero-order valence-electron chi connectivity index (χ0n) is 15.2. The lowest BCUT2D eigenvalue weighted by Crippen LogP contribution is -2.24. The van der Waals surface area contributed by atoms with E-state index in [-0.39, 0.29) is 11.4 Å². The van der Waals surface area contributed by atoms with Gasteiger partial charge in [0, 0.05) is 17.0 Å². The Labute approximate surface area is 155 Å². The van der Waals surface area contributed by atoms with Gasteiger partial charge in [0.15, 0.2) is 0 Å². The number of rotatable bonds is 2. The van der Waals surface area contributed by atoms with Crippen molar-refractivity contribution in [2.45, 2.75) is 41.0 Å². The molecule has 0 fully saturated rings. The molecule has 1 heterocycles. The van der Waals surface area contributed by atoms with Crippen LogP contribution in [-0.4, -0.2) is 9.55 Å². The number of hydrogen-bond donors (Lipinski definition) is 0. The average Bonchev–Trinajstić information content (AvgIpc) is 2.61. The molecule has 3 aromatic rings. The summed E-state index contributed by atoms with van der Waals surface area (Å²) in [7, 11) is 0. The van der Waals surface area contributed by atoms with Crippen LogP contribution in [0.3, 0.4) is 0 Å². The molecule has 0 aliphatic heterocycles. The average molecular weight is 405 g/mol. The lowest BCUT2D eigenvalue weighted by molar-refractivity contribution is 0.620. The number of hydrogen-bond acceptors (Lipinski definition) is 2. The number of nitrogens with zero attached hydrogens (tertiary/aromatic N) is 2. The van der Waals surface area contributed by atoms with Crippen LogP contribution in [-0.2, 0) is 6.42 Å². The molecule has 0 radical (unpaired) electrons. The summed E-state index contributed by atoms with van der Waals surface area (Å²) in [5.41, 5.74) is 2.48. The van der Waals surface area contributed by atoms with Gasteiger partial charge in [-0.25, -0.2) is 9.37 Å². The molecule has 132 valence electrons. The highest BCUT2D eigenvalue weighted by atomic mass is 79.9. The van der Waals surface area contributed by atoms with Crippen LogP contribution in [0.5, 0.6) is 0 Å². The second-order valence-corrected chi connectivity index (χ2v) is 6.43. The summed E-state index contributed by atoms with van der Waals surface area (Å²) < 4.78 is 16.4. The predicted molar refractivity (Wildman–Crippen MR) is 105 cm³/mol. The summed E-state index contributed by atoms with van der Waals surface area (Å²) in [6.07, 6.45) is 0.579. The summed E-state index contributed by atoms with van der Waals surface area (Å²) in [6, 6.07) is 8.64. The Balaban J connectivity index is 0.00000109. The van der Waals surface area contributed by atoms with Gasteiger partial charge in [0.25, 0.3) is 5.56 Å². The van der Waals surface area contributed by atoms with E-state index in [4.69, 9.17) is 0 Å². The van der Waals surface area contributed by atoms with Gasteiger partial charge < -0.3 is 0 Å². The number of benzene rings is 2. The molecule has 0 unspecified atom stereocenters. The van der Waals surface area contributed by atoms with Crippen LogP contribution in [0.4, 0.5) is 4.39 Å². The Morgan fingerprint density at radius 3 is 2.40 bits per heavy atom. The van der Waals surface area contributed by atoms with Crippen molar-refractivity contribution in [3.8, 4) is 5.69 Å². The lowest BCUT2D eigenvalue weighted by atomic mass is 10.1. The Morgan fingerprint density at radius 2 is 1.80 bits per heavy atom. The first kappa shape index (κ1) is 19.3. The predicted octanol–water partition coefficient (Wildman–Crippen LogP) is 5.49. The SMILES string of the molecule is CC.CCc1nc2cc(F)c(C)cc2c(=O)n1-c1ccc(Br)c(C)c1. The van der Waals surface area contributed by atoms with E-state index >= 15 is 0 Å². The highest BCUT2D eigenvalue weighted by Crippen LogP contribution is 2.21. The van der Waals surface area contributed by atoms with E-state index < -0.39 is 0 Å². The molecule has 0 saturated heterocycles. The first-order chi connectivity index (χ1) is 11.9. The second-order valence-electron chi connectivity index (χ2n) is 5.57. The molecule has 0 atom stereocenters. The molecule has 0 saturated carbocycles. The fourth-order valence-electron chi connectivity index (χ4n) is 2.63.